The van der Waals surface area contributed by atoms with Gasteiger partial charge in [-0.3, -0.25) is 14.8 Å². The molecule has 1 unspecified atom stereocenters. The Kier molecular flexibility index (Phi) is 3.81. The molecule has 92 valence electrons. The van der Waals surface area contributed by atoms with E-state index in [0.29, 0.717) is 0 Å². The molecule has 0 spiro atoms. The summed E-state index contributed by atoms with van der Waals surface area (Å²) in [7, 11) is 1.52. The SMILES string of the molecule is C=CCC(Nc1nn(C)cc1[N+](=O)[O-])C(=O)O. The molecular formula is C9H12N4O4. The third kappa shape index (κ3) is 3.03. The van der Waals surface area contributed by atoms with Gasteiger partial charge < -0.3 is 10.4 Å². The molecule has 0 bridgehead atoms. The summed E-state index contributed by atoms with van der Waals surface area (Å²) in [6.45, 7) is 3.42. The van der Waals surface area contributed by atoms with Crippen molar-refractivity contribution < 1.29 is 14.8 Å². The molecule has 2 N–H and O–H groups in total. The molecule has 17 heavy (non-hydrogen) atoms. The molecule has 0 aromatic carbocycles. The molecule has 0 radical (unpaired) electrons. The number of aliphatic carboxylic acids is 1. The zero-order valence-electron chi connectivity index (χ0n) is 9.16. The molecule has 0 aliphatic carbocycles. The molecule has 1 aromatic rings. The van der Waals surface area contributed by atoms with Crippen LogP contribution < -0.4 is 5.32 Å². The van der Waals surface area contributed by atoms with Crippen LogP contribution in [0.5, 0.6) is 0 Å². The number of anilines is 1. The van der Waals surface area contributed by atoms with Gasteiger partial charge in [0, 0.05) is 7.05 Å². The minimum Gasteiger partial charge on any atom is -0.480 e. The standard InChI is InChI=1S/C9H12N4O4/c1-3-4-6(9(14)15)10-8-7(13(16)17)5-12(2)11-8/h3,5-6H,1,4H2,2H3,(H,10,11)(H,14,15). The van der Waals surface area contributed by atoms with Crippen molar-refractivity contribution >= 4 is 17.5 Å². The van der Waals surface area contributed by atoms with Crippen LogP contribution in [0, 0.1) is 10.1 Å². The first-order valence-corrected chi connectivity index (χ1v) is 4.74. The lowest BCUT2D eigenvalue weighted by Crippen LogP contribution is -2.29. The summed E-state index contributed by atoms with van der Waals surface area (Å²) >= 11 is 0. The third-order valence-corrected chi connectivity index (χ3v) is 2.02. The molecule has 0 saturated heterocycles. The summed E-state index contributed by atoms with van der Waals surface area (Å²) in [6.07, 6.45) is 2.76. The van der Waals surface area contributed by atoms with Gasteiger partial charge >= 0.3 is 11.7 Å². The van der Waals surface area contributed by atoms with Crippen molar-refractivity contribution in [2.45, 2.75) is 12.5 Å². The number of nitrogens with one attached hydrogen (secondary N) is 1. The molecule has 1 rings (SSSR count). The number of rotatable bonds is 6. The number of nitro groups is 1. The van der Waals surface area contributed by atoms with E-state index in [9.17, 15) is 14.9 Å². The number of carboxylic acids is 1. The third-order valence-electron chi connectivity index (χ3n) is 2.02. The average Bonchev–Trinajstić information content (AvgIpc) is 2.59. The van der Waals surface area contributed by atoms with Crippen LogP contribution in [0.25, 0.3) is 0 Å². The average molecular weight is 240 g/mol. The molecular weight excluding hydrogens is 228 g/mol. The highest BCUT2D eigenvalue weighted by Crippen LogP contribution is 2.22. The summed E-state index contributed by atoms with van der Waals surface area (Å²) in [5.74, 6) is -1.18. The van der Waals surface area contributed by atoms with Gasteiger partial charge in [-0.1, -0.05) is 6.08 Å². The smallest absolute Gasteiger partial charge is 0.330 e. The topological polar surface area (TPSA) is 110 Å². The predicted molar refractivity (Wildman–Crippen MR) is 59.7 cm³/mol. The van der Waals surface area contributed by atoms with E-state index in [4.69, 9.17) is 5.11 Å². The summed E-state index contributed by atoms with van der Waals surface area (Å²) in [5.41, 5.74) is -0.261. The van der Waals surface area contributed by atoms with Crippen molar-refractivity contribution in [2.24, 2.45) is 7.05 Å². The van der Waals surface area contributed by atoms with Crippen LogP contribution in [0.3, 0.4) is 0 Å². The fraction of sp³-hybridized carbons (Fsp3) is 0.333. The maximum atomic E-state index is 10.9. The van der Waals surface area contributed by atoms with Crippen molar-refractivity contribution in [1.82, 2.24) is 9.78 Å². The van der Waals surface area contributed by atoms with E-state index in [-0.39, 0.29) is 17.9 Å². The highest BCUT2D eigenvalue weighted by atomic mass is 16.6. The summed E-state index contributed by atoms with van der Waals surface area (Å²) in [4.78, 5) is 20.9. The molecule has 0 fully saturated rings. The Labute approximate surface area is 96.7 Å². The number of aryl methyl sites for hydroxylation is 1. The lowest BCUT2D eigenvalue weighted by molar-refractivity contribution is -0.384. The van der Waals surface area contributed by atoms with E-state index >= 15 is 0 Å². The van der Waals surface area contributed by atoms with E-state index in [2.05, 4.69) is 17.0 Å². The van der Waals surface area contributed by atoms with E-state index < -0.39 is 16.9 Å². The zero-order valence-corrected chi connectivity index (χ0v) is 9.16. The lowest BCUT2D eigenvalue weighted by atomic mass is 10.2. The van der Waals surface area contributed by atoms with Gasteiger partial charge in [0.1, 0.15) is 12.2 Å². The zero-order chi connectivity index (χ0) is 13.0. The van der Waals surface area contributed by atoms with E-state index in [0.717, 1.165) is 0 Å². The maximum Gasteiger partial charge on any atom is 0.330 e. The minimum absolute atomic E-state index is 0.0632. The van der Waals surface area contributed by atoms with Gasteiger partial charge in [-0.2, -0.15) is 0 Å². The second-order valence-corrected chi connectivity index (χ2v) is 3.35. The molecule has 8 nitrogen and oxygen atoms in total. The van der Waals surface area contributed by atoms with Crippen LogP contribution in [0.4, 0.5) is 11.5 Å². The second-order valence-electron chi connectivity index (χ2n) is 3.35. The first-order valence-electron chi connectivity index (χ1n) is 4.74. The van der Waals surface area contributed by atoms with Gasteiger partial charge in [-0.05, 0) is 6.42 Å². The maximum absolute atomic E-state index is 10.9. The number of carboxylic acid groups (broad SMARTS) is 1. The highest BCUT2D eigenvalue weighted by Gasteiger charge is 2.24. The Morgan fingerprint density at radius 1 is 1.88 bits per heavy atom. The van der Waals surface area contributed by atoms with Crippen molar-refractivity contribution in [1.29, 1.82) is 0 Å². The first kappa shape index (κ1) is 12.7. The Balaban J connectivity index is 2.96. The fourth-order valence-corrected chi connectivity index (χ4v) is 1.27. The van der Waals surface area contributed by atoms with Crippen molar-refractivity contribution in [3.63, 3.8) is 0 Å². The largest absolute Gasteiger partial charge is 0.480 e. The van der Waals surface area contributed by atoms with E-state index in [1.807, 2.05) is 0 Å². The molecule has 1 heterocycles. The highest BCUT2D eigenvalue weighted by molar-refractivity contribution is 5.78. The van der Waals surface area contributed by atoms with Gasteiger partial charge in [0.25, 0.3) is 0 Å². The predicted octanol–water partition coefficient (Wildman–Crippen LogP) is 0.769. The Bertz CT molecular complexity index is 454. The molecule has 0 aliphatic rings. The van der Waals surface area contributed by atoms with Crippen LogP contribution in [0.2, 0.25) is 0 Å². The normalized spacial score (nSPS) is 11.8. The van der Waals surface area contributed by atoms with Crippen molar-refractivity contribution in [3.05, 3.63) is 29.0 Å². The molecule has 0 saturated carbocycles. The molecule has 8 heteroatoms. The van der Waals surface area contributed by atoms with Gasteiger partial charge in [0.05, 0.1) is 4.92 Å². The molecule has 1 aromatic heterocycles. The number of hydrogen-bond acceptors (Lipinski definition) is 5. The van der Waals surface area contributed by atoms with Gasteiger partial charge in [0.2, 0.25) is 5.82 Å². The fourth-order valence-electron chi connectivity index (χ4n) is 1.27. The lowest BCUT2D eigenvalue weighted by Gasteiger charge is -2.10. The minimum atomic E-state index is -1.12. The van der Waals surface area contributed by atoms with Crippen molar-refractivity contribution in [2.75, 3.05) is 5.32 Å². The molecule has 1 atom stereocenters. The van der Waals surface area contributed by atoms with E-state index in [1.54, 1.807) is 0 Å². The summed E-state index contributed by atoms with van der Waals surface area (Å²) < 4.78 is 1.24. The van der Waals surface area contributed by atoms with Crippen LogP contribution in [0.15, 0.2) is 18.9 Å². The summed E-state index contributed by atoms with van der Waals surface area (Å²) in [6, 6.07) is -0.985. The van der Waals surface area contributed by atoms with E-state index in [1.165, 1.54) is 24.0 Å². The van der Waals surface area contributed by atoms with Gasteiger partial charge in [-0.25, -0.2) is 4.79 Å². The van der Waals surface area contributed by atoms with Crippen LogP contribution in [-0.4, -0.2) is 31.8 Å². The first-order chi connectivity index (χ1) is 7.95. The Hall–Kier alpha value is -2.38. The number of carbonyl (C=O) groups is 1. The Morgan fingerprint density at radius 3 is 3.00 bits per heavy atom. The van der Waals surface area contributed by atoms with Crippen LogP contribution in [-0.2, 0) is 11.8 Å². The van der Waals surface area contributed by atoms with Crippen molar-refractivity contribution in [3.8, 4) is 0 Å². The Morgan fingerprint density at radius 2 is 2.53 bits per heavy atom. The second kappa shape index (κ2) is 5.10. The monoisotopic (exact) mass is 240 g/mol. The molecule has 0 amide bonds. The quantitative estimate of drug-likeness (QED) is 0.431. The van der Waals surface area contributed by atoms with Gasteiger partial charge in [0.15, 0.2) is 0 Å². The summed E-state index contributed by atoms with van der Waals surface area (Å²) in [5, 5.41) is 25.9. The van der Waals surface area contributed by atoms with Crippen LogP contribution in [0.1, 0.15) is 6.42 Å². The number of nitrogens with zero attached hydrogens (tertiary/aromatic N) is 3. The number of hydrogen-bond donors (Lipinski definition) is 2. The van der Waals surface area contributed by atoms with Gasteiger partial charge in [-0.15, -0.1) is 11.7 Å². The number of aromatic nitrogens is 2. The molecule has 0 aliphatic heterocycles. The van der Waals surface area contributed by atoms with Crippen LogP contribution >= 0.6 is 0 Å².